The lowest BCUT2D eigenvalue weighted by molar-refractivity contribution is 0.0833. The van der Waals surface area contributed by atoms with Crippen LogP contribution in [0.4, 0.5) is 5.69 Å². The summed E-state index contributed by atoms with van der Waals surface area (Å²) in [7, 11) is 0. The van der Waals surface area contributed by atoms with Crippen LogP contribution in [0.1, 0.15) is 42.5 Å². The zero-order chi connectivity index (χ0) is 12.8. The lowest BCUT2D eigenvalue weighted by Gasteiger charge is -2.35. The van der Waals surface area contributed by atoms with Crippen molar-refractivity contribution in [2.24, 2.45) is 5.73 Å². The first-order chi connectivity index (χ1) is 7.87. The number of nitrogen functional groups attached to an aromatic ring is 1. The molecule has 0 saturated carbocycles. The number of ether oxygens (including phenoxy) is 1. The van der Waals surface area contributed by atoms with E-state index < -0.39 is 0 Å². The molecule has 0 atom stereocenters. The van der Waals surface area contributed by atoms with Gasteiger partial charge in [-0.05, 0) is 57.2 Å². The molecular formula is C14H24Cl2N2O. The Morgan fingerprint density at radius 2 is 1.74 bits per heavy atom. The summed E-state index contributed by atoms with van der Waals surface area (Å²) in [6, 6.07) is 0. The van der Waals surface area contributed by atoms with Gasteiger partial charge in [0.2, 0.25) is 0 Å². The Hall–Kier alpha value is -0.640. The van der Waals surface area contributed by atoms with Crippen LogP contribution in [0.5, 0.6) is 5.75 Å². The summed E-state index contributed by atoms with van der Waals surface area (Å²) in [5, 5.41) is 0. The predicted molar refractivity (Wildman–Crippen MR) is 85.7 cm³/mol. The molecule has 0 unspecified atom stereocenters. The third kappa shape index (κ3) is 3.10. The van der Waals surface area contributed by atoms with Gasteiger partial charge in [-0.3, -0.25) is 0 Å². The first-order valence-electron chi connectivity index (χ1n) is 6.17. The van der Waals surface area contributed by atoms with Crippen LogP contribution in [0.25, 0.3) is 0 Å². The van der Waals surface area contributed by atoms with Crippen LogP contribution in [0.3, 0.4) is 0 Å². The molecule has 5 heteroatoms. The van der Waals surface area contributed by atoms with E-state index in [4.69, 9.17) is 16.2 Å². The van der Waals surface area contributed by atoms with Crippen LogP contribution < -0.4 is 16.2 Å². The highest BCUT2D eigenvalue weighted by atomic mass is 35.5. The molecule has 3 nitrogen and oxygen atoms in total. The number of anilines is 1. The van der Waals surface area contributed by atoms with E-state index >= 15 is 0 Å². The zero-order valence-electron chi connectivity index (χ0n) is 12.0. The van der Waals surface area contributed by atoms with Gasteiger partial charge in [-0.2, -0.15) is 0 Å². The minimum absolute atomic E-state index is 0. The normalized spacial score (nSPS) is 15.6. The highest BCUT2D eigenvalue weighted by Gasteiger charge is 2.30. The van der Waals surface area contributed by atoms with Crippen LogP contribution in [0, 0.1) is 13.8 Å². The lowest BCUT2D eigenvalue weighted by atomic mass is 9.87. The quantitative estimate of drug-likeness (QED) is 0.783. The predicted octanol–water partition coefficient (Wildman–Crippen LogP) is 3.29. The van der Waals surface area contributed by atoms with E-state index in [9.17, 15) is 0 Å². The average molecular weight is 307 g/mol. The lowest BCUT2D eigenvalue weighted by Crippen LogP contribution is -2.34. The number of fused-ring (bicyclic) bond motifs is 1. The number of rotatable bonds is 1. The van der Waals surface area contributed by atoms with Crippen molar-refractivity contribution in [3.05, 3.63) is 22.3 Å². The van der Waals surface area contributed by atoms with E-state index in [1.807, 2.05) is 6.92 Å². The second kappa shape index (κ2) is 6.21. The molecule has 0 bridgehead atoms. The van der Waals surface area contributed by atoms with E-state index in [-0.39, 0.29) is 30.4 Å². The molecule has 0 spiro atoms. The number of halogens is 2. The number of hydrogen-bond donors (Lipinski definition) is 2. The first-order valence-corrected chi connectivity index (χ1v) is 6.17. The molecule has 0 aliphatic carbocycles. The van der Waals surface area contributed by atoms with Gasteiger partial charge < -0.3 is 16.2 Å². The van der Waals surface area contributed by atoms with Crippen molar-refractivity contribution >= 4 is 30.5 Å². The molecule has 1 aromatic carbocycles. The molecule has 0 aromatic heterocycles. The summed E-state index contributed by atoms with van der Waals surface area (Å²) >= 11 is 0. The smallest absolute Gasteiger partial charge is 0.126 e. The Bertz CT molecular complexity index is 473. The minimum Gasteiger partial charge on any atom is -0.487 e. The van der Waals surface area contributed by atoms with E-state index in [1.54, 1.807) is 0 Å². The van der Waals surface area contributed by atoms with Gasteiger partial charge in [-0.1, -0.05) is 0 Å². The van der Waals surface area contributed by atoms with Crippen molar-refractivity contribution in [2.75, 3.05) is 5.73 Å². The van der Waals surface area contributed by atoms with Crippen LogP contribution in [0.15, 0.2) is 0 Å². The van der Waals surface area contributed by atoms with Crippen molar-refractivity contribution < 1.29 is 4.74 Å². The van der Waals surface area contributed by atoms with Crippen molar-refractivity contribution in [3.63, 3.8) is 0 Å². The Kier molecular flexibility index (Phi) is 6.00. The maximum Gasteiger partial charge on any atom is 0.126 e. The first kappa shape index (κ1) is 18.4. The summed E-state index contributed by atoms with van der Waals surface area (Å²) < 4.78 is 6.12. The summed E-state index contributed by atoms with van der Waals surface area (Å²) in [6.07, 6.45) is 2.01. The van der Waals surface area contributed by atoms with Crippen LogP contribution in [0.2, 0.25) is 0 Å². The van der Waals surface area contributed by atoms with Crippen molar-refractivity contribution in [2.45, 2.75) is 52.7 Å². The van der Waals surface area contributed by atoms with Gasteiger partial charge in [-0.15, -0.1) is 24.8 Å². The monoisotopic (exact) mass is 306 g/mol. The van der Waals surface area contributed by atoms with Crippen molar-refractivity contribution in [1.82, 2.24) is 0 Å². The number of hydrogen-bond acceptors (Lipinski definition) is 3. The average Bonchev–Trinajstić information content (AvgIpc) is 2.27. The highest BCUT2D eigenvalue weighted by molar-refractivity contribution is 5.85. The number of nitrogens with two attached hydrogens (primary N) is 2. The van der Waals surface area contributed by atoms with Crippen molar-refractivity contribution in [3.8, 4) is 5.75 Å². The summed E-state index contributed by atoms with van der Waals surface area (Å²) in [5.74, 6) is 1.01. The molecule has 2 rings (SSSR count). The largest absolute Gasteiger partial charge is 0.487 e. The van der Waals surface area contributed by atoms with E-state index in [2.05, 4.69) is 20.8 Å². The van der Waals surface area contributed by atoms with Gasteiger partial charge in [-0.25, -0.2) is 0 Å². The van der Waals surface area contributed by atoms with Gasteiger partial charge in [0.15, 0.2) is 0 Å². The molecule has 4 N–H and O–H groups in total. The van der Waals surface area contributed by atoms with E-state index in [1.165, 1.54) is 5.56 Å². The Balaban J connectivity index is 0.00000162. The van der Waals surface area contributed by atoms with Gasteiger partial charge in [0, 0.05) is 17.8 Å². The van der Waals surface area contributed by atoms with Gasteiger partial charge >= 0.3 is 0 Å². The van der Waals surface area contributed by atoms with Crippen LogP contribution >= 0.6 is 24.8 Å². The minimum atomic E-state index is -0.0911. The molecule has 19 heavy (non-hydrogen) atoms. The van der Waals surface area contributed by atoms with Gasteiger partial charge in [0.1, 0.15) is 11.4 Å². The fraction of sp³-hybridized carbons (Fsp3) is 0.571. The molecule has 1 aliphatic heterocycles. The fourth-order valence-electron chi connectivity index (χ4n) is 2.51. The van der Waals surface area contributed by atoms with Gasteiger partial charge in [0.25, 0.3) is 0 Å². The molecule has 1 heterocycles. The molecule has 0 saturated heterocycles. The fourth-order valence-corrected chi connectivity index (χ4v) is 2.51. The molecule has 1 aromatic rings. The van der Waals surface area contributed by atoms with E-state index in [0.717, 1.165) is 41.0 Å². The Morgan fingerprint density at radius 1 is 1.16 bits per heavy atom. The second-order valence-corrected chi connectivity index (χ2v) is 5.52. The highest BCUT2D eigenvalue weighted by Crippen LogP contribution is 2.41. The molecule has 0 radical (unpaired) electrons. The molecule has 110 valence electrons. The van der Waals surface area contributed by atoms with Crippen LogP contribution in [-0.2, 0) is 13.0 Å². The molecule has 1 aliphatic rings. The summed E-state index contributed by atoms with van der Waals surface area (Å²) in [6.45, 7) is 8.85. The Morgan fingerprint density at radius 3 is 2.26 bits per heavy atom. The SMILES string of the molecule is Cc1c(C)c2c(c(CN)c1N)CCC(C)(C)O2.Cl.Cl. The molecule has 0 amide bonds. The second-order valence-electron chi connectivity index (χ2n) is 5.52. The summed E-state index contributed by atoms with van der Waals surface area (Å²) in [4.78, 5) is 0. The topological polar surface area (TPSA) is 61.3 Å². The molecular weight excluding hydrogens is 283 g/mol. The Labute approximate surface area is 127 Å². The number of benzene rings is 1. The third-order valence-electron chi connectivity index (χ3n) is 3.83. The van der Waals surface area contributed by atoms with E-state index in [0.29, 0.717) is 6.54 Å². The van der Waals surface area contributed by atoms with Crippen LogP contribution in [-0.4, -0.2) is 5.60 Å². The molecule has 0 fully saturated rings. The third-order valence-corrected chi connectivity index (χ3v) is 3.83. The maximum absolute atomic E-state index is 6.15. The zero-order valence-corrected chi connectivity index (χ0v) is 13.6. The van der Waals surface area contributed by atoms with Gasteiger partial charge in [0.05, 0.1) is 0 Å². The maximum atomic E-state index is 6.15. The standard InChI is InChI=1S/C14H22N2O.2ClH/c1-8-9(2)13-10(11(7-15)12(8)16)5-6-14(3,4)17-13;;/h5-7,15-16H2,1-4H3;2*1H. The van der Waals surface area contributed by atoms with Crippen molar-refractivity contribution in [1.29, 1.82) is 0 Å². The summed E-state index contributed by atoms with van der Waals surface area (Å²) in [5.41, 5.74) is 17.3.